The average Bonchev–Trinajstić information content (AvgIpc) is 3.49. The third-order valence-corrected chi connectivity index (χ3v) is 7.16. The van der Waals surface area contributed by atoms with Crippen LogP contribution in [0.4, 0.5) is 5.69 Å². The maximum absolute atomic E-state index is 13.0. The number of hydrogen-bond donors (Lipinski definition) is 2. The quantitative estimate of drug-likeness (QED) is 0.309. The van der Waals surface area contributed by atoms with Crippen LogP contribution in [-0.4, -0.2) is 32.0 Å². The number of aromatic nitrogens is 2. The Labute approximate surface area is 223 Å². The molecule has 1 aliphatic rings. The molecule has 0 aliphatic carbocycles. The zero-order valence-corrected chi connectivity index (χ0v) is 22.1. The topological polar surface area (TPSA) is 62.2 Å². The van der Waals surface area contributed by atoms with Gasteiger partial charge in [-0.25, -0.2) is 0 Å². The zero-order chi connectivity index (χ0) is 25.9. The Bertz CT molecular complexity index is 1430. The van der Waals surface area contributed by atoms with Gasteiger partial charge >= 0.3 is 0 Å². The average molecular weight is 510 g/mol. The molecular formula is C30H31N5OS. The van der Waals surface area contributed by atoms with Crippen LogP contribution < -0.4 is 10.6 Å². The summed E-state index contributed by atoms with van der Waals surface area (Å²) in [5.74, 6) is -0.0365. The van der Waals surface area contributed by atoms with E-state index < -0.39 is 0 Å². The molecule has 2 aromatic heterocycles. The molecule has 0 radical (unpaired) electrons. The van der Waals surface area contributed by atoms with E-state index in [2.05, 4.69) is 74.6 Å². The second-order valence-electron chi connectivity index (χ2n) is 9.58. The van der Waals surface area contributed by atoms with Gasteiger partial charge in [-0.1, -0.05) is 30.3 Å². The first-order valence-electron chi connectivity index (χ1n) is 12.5. The molecule has 0 bridgehead atoms. The van der Waals surface area contributed by atoms with E-state index >= 15 is 0 Å². The molecule has 4 aromatic rings. The monoisotopic (exact) mass is 509 g/mol. The van der Waals surface area contributed by atoms with Gasteiger partial charge in [-0.2, -0.15) is 0 Å². The Morgan fingerprint density at radius 3 is 2.62 bits per heavy atom. The summed E-state index contributed by atoms with van der Waals surface area (Å²) < 4.78 is 2.20. The molecule has 0 spiro atoms. The van der Waals surface area contributed by atoms with Gasteiger partial charge in [0.05, 0.1) is 17.8 Å². The number of carbonyl (C=O) groups excluding carboxylic acids is 1. The fourth-order valence-electron chi connectivity index (χ4n) is 4.92. The first-order chi connectivity index (χ1) is 17.9. The predicted molar refractivity (Wildman–Crippen MR) is 152 cm³/mol. The number of hydrogen-bond acceptors (Lipinski definition) is 3. The molecule has 1 saturated heterocycles. The summed E-state index contributed by atoms with van der Waals surface area (Å²) in [6, 6.07) is 24.3. The van der Waals surface area contributed by atoms with Crippen LogP contribution in [0, 0.1) is 20.8 Å². The van der Waals surface area contributed by atoms with Crippen molar-refractivity contribution in [1.29, 1.82) is 0 Å². The van der Waals surface area contributed by atoms with Gasteiger partial charge in [0.1, 0.15) is 0 Å². The van der Waals surface area contributed by atoms with Crippen molar-refractivity contribution in [2.45, 2.75) is 39.3 Å². The summed E-state index contributed by atoms with van der Waals surface area (Å²) in [5, 5.41) is 7.19. The number of amides is 1. The molecule has 1 amide bonds. The largest absolute Gasteiger partial charge is 0.352 e. The number of anilines is 1. The third-order valence-electron chi connectivity index (χ3n) is 6.81. The standard InChI is InChI=1S/C30H31N5OS/c1-20-8-6-9-23(18-20)34-16-7-11-26(34)29-28(24-10-4-5-15-31-24)33-30(37)35(29)17-14-27(36)32-25-19-21(2)12-13-22(25)3/h4-13,15-16,18-19,28-29H,14,17H2,1-3H3,(H,32,36)(H,33,37)/t28-,29-/m1/s1. The number of benzene rings is 2. The second kappa shape index (κ2) is 10.6. The maximum atomic E-state index is 13.0. The molecule has 7 heteroatoms. The third kappa shape index (κ3) is 5.27. The number of pyridine rings is 1. The highest BCUT2D eigenvalue weighted by molar-refractivity contribution is 7.80. The van der Waals surface area contributed by atoms with E-state index in [1.54, 1.807) is 6.20 Å². The normalized spacial score (nSPS) is 17.1. The van der Waals surface area contributed by atoms with E-state index in [1.807, 2.05) is 50.2 Å². The van der Waals surface area contributed by atoms with Crippen LogP contribution in [0.5, 0.6) is 0 Å². The SMILES string of the molecule is Cc1cccc(-n2cccc2[C@@H]2[C@@H](c3ccccn3)NC(=S)N2CCC(=O)Nc2cc(C)ccc2C)c1. The highest BCUT2D eigenvalue weighted by Gasteiger charge is 2.41. The number of rotatable bonds is 7. The second-order valence-corrected chi connectivity index (χ2v) is 9.97. The minimum Gasteiger partial charge on any atom is -0.352 e. The molecule has 188 valence electrons. The molecule has 1 aliphatic heterocycles. The fraction of sp³-hybridized carbons (Fsp3) is 0.233. The smallest absolute Gasteiger partial charge is 0.226 e. The molecule has 5 rings (SSSR count). The molecule has 37 heavy (non-hydrogen) atoms. The van der Waals surface area contributed by atoms with Gasteiger partial charge in [0.25, 0.3) is 0 Å². The maximum Gasteiger partial charge on any atom is 0.226 e. The summed E-state index contributed by atoms with van der Waals surface area (Å²) >= 11 is 5.81. The number of nitrogens with zero attached hydrogens (tertiary/aromatic N) is 3. The molecular weight excluding hydrogens is 478 g/mol. The highest BCUT2D eigenvalue weighted by atomic mass is 32.1. The van der Waals surface area contributed by atoms with Crippen molar-refractivity contribution >= 4 is 28.9 Å². The van der Waals surface area contributed by atoms with Gasteiger partial charge in [0.2, 0.25) is 5.91 Å². The lowest BCUT2D eigenvalue weighted by Crippen LogP contribution is -2.33. The fourth-order valence-corrected chi connectivity index (χ4v) is 5.25. The minimum absolute atomic E-state index is 0.0365. The van der Waals surface area contributed by atoms with Crippen molar-refractivity contribution in [3.05, 3.63) is 113 Å². The number of carbonyl (C=O) groups is 1. The van der Waals surface area contributed by atoms with Crippen LogP contribution in [0.2, 0.25) is 0 Å². The van der Waals surface area contributed by atoms with Crippen molar-refractivity contribution in [3.63, 3.8) is 0 Å². The van der Waals surface area contributed by atoms with Crippen LogP contribution in [0.3, 0.4) is 0 Å². The Morgan fingerprint density at radius 1 is 1.00 bits per heavy atom. The Hall–Kier alpha value is -3.97. The van der Waals surface area contributed by atoms with E-state index in [4.69, 9.17) is 12.2 Å². The zero-order valence-electron chi connectivity index (χ0n) is 21.3. The summed E-state index contributed by atoms with van der Waals surface area (Å²) in [4.78, 5) is 19.8. The Morgan fingerprint density at radius 2 is 1.84 bits per heavy atom. The number of thiocarbonyl (C=S) groups is 1. The predicted octanol–water partition coefficient (Wildman–Crippen LogP) is 5.80. The lowest BCUT2D eigenvalue weighted by molar-refractivity contribution is -0.116. The van der Waals surface area contributed by atoms with E-state index in [0.717, 1.165) is 33.9 Å². The summed E-state index contributed by atoms with van der Waals surface area (Å²) in [6.45, 7) is 6.60. The van der Waals surface area contributed by atoms with Crippen LogP contribution >= 0.6 is 12.2 Å². The van der Waals surface area contributed by atoms with Crippen molar-refractivity contribution < 1.29 is 4.79 Å². The molecule has 2 atom stereocenters. The van der Waals surface area contributed by atoms with Gasteiger partial charge < -0.3 is 20.1 Å². The van der Waals surface area contributed by atoms with Gasteiger partial charge in [-0.15, -0.1) is 0 Å². The molecule has 3 heterocycles. The lowest BCUT2D eigenvalue weighted by atomic mass is 10.0. The minimum atomic E-state index is -0.144. The van der Waals surface area contributed by atoms with Crippen LogP contribution in [0.1, 0.15) is 46.6 Å². The summed E-state index contributed by atoms with van der Waals surface area (Å²) in [6.07, 6.45) is 4.19. The van der Waals surface area contributed by atoms with Gasteiger partial charge in [-0.05, 0) is 92.1 Å². The number of nitrogens with one attached hydrogen (secondary N) is 2. The molecule has 0 unspecified atom stereocenters. The Kier molecular flexibility index (Phi) is 7.06. The molecule has 2 aromatic carbocycles. The van der Waals surface area contributed by atoms with Crippen molar-refractivity contribution in [2.24, 2.45) is 0 Å². The van der Waals surface area contributed by atoms with Crippen LogP contribution in [0.15, 0.2) is 85.2 Å². The molecule has 1 fully saturated rings. The van der Waals surface area contributed by atoms with Gasteiger partial charge in [-0.3, -0.25) is 9.78 Å². The Balaban J connectivity index is 1.44. The van der Waals surface area contributed by atoms with Crippen molar-refractivity contribution in [1.82, 2.24) is 19.8 Å². The van der Waals surface area contributed by atoms with Gasteiger partial charge in [0, 0.05) is 42.4 Å². The summed E-state index contributed by atoms with van der Waals surface area (Å²) in [5.41, 5.74) is 7.28. The molecule has 2 N–H and O–H groups in total. The van der Waals surface area contributed by atoms with Crippen LogP contribution in [0.25, 0.3) is 5.69 Å². The lowest BCUT2D eigenvalue weighted by Gasteiger charge is -2.29. The summed E-state index contributed by atoms with van der Waals surface area (Å²) in [7, 11) is 0. The number of aryl methyl sites for hydroxylation is 3. The van der Waals surface area contributed by atoms with Gasteiger partial charge in [0.15, 0.2) is 5.11 Å². The first kappa shape index (κ1) is 24.7. The van der Waals surface area contributed by atoms with E-state index in [1.165, 1.54) is 5.56 Å². The molecule has 0 saturated carbocycles. The highest BCUT2D eigenvalue weighted by Crippen LogP contribution is 2.39. The van der Waals surface area contributed by atoms with E-state index in [-0.39, 0.29) is 18.0 Å². The van der Waals surface area contributed by atoms with E-state index in [0.29, 0.717) is 18.1 Å². The van der Waals surface area contributed by atoms with Crippen molar-refractivity contribution in [2.75, 3.05) is 11.9 Å². The van der Waals surface area contributed by atoms with E-state index in [9.17, 15) is 4.79 Å². The van der Waals surface area contributed by atoms with Crippen molar-refractivity contribution in [3.8, 4) is 5.69 Å². The molecule has 6 nitrogen and oxygen atoms in total. The first-order valence-corrected chi connectivity index (χ1v) is 12.9. The van der Waals surface area contributed by atoms with Crippen LogP contribution in [-0.2, 0) is 4.79 Å².